The Morgan fingerprint density at radius 3 is 2.81 bits per heavy atom. The summed E-state index contributed by atoms with van der Waals surface area (Å²) in [4.78, 5) is 10.8. The van der Waals surface area contributed by atoms with Crippen LogP contribution in [-0.4, -0.2) is 31.6 Å². The van der Waals surface area contributed by atoms with Gasteiger partial charge in [0.05, 0.1) is 12.3 Å². The fraction of sp³-hybridized carbons (Fsp3) is 0.400. The van der Waals surface area contributed by atoms with Crippen LogP contribution >= 0.6 is 11.8 Å². The van der Waals surface area contributed by atoms with Crippen LogP contribution in [0.25, 0.3) is 0 Å². The number of carboxylic acids is 1. The lowest BCUT2D eigenvalue weighted by molar-refractivity contribution is -0.133. The molecule has 1 aromatic carbocycles. The Kier molecular flexibility index (Phi) is 3.96. The third-order valence-electron chi connectivity index (χ3n) is 3.60. The van der Waals surface area contributed by atoms with E-state index in [-0.39, 0.29) is 5.75 Å². The van der Waals surface area contributed by atoms with Crippen molar-refractivity contribution in [2.75, 3.05) is 5.75 Å². The lowest BCUT2D eigenvalue weighted by Crippen LogP contribution is -2.08. The molecule has 0 amide bonds. The van der Waals surface area contributed by atoms with Gasteiger partial charge in [-0.25, -0.2) is 0 Å². The van der Waals surface area contributed by atoms with Crippen molar-refractivity contribution in [2.24, 2.45) is 0 Å². The van der Waals surface area contributed by atoms with E-state index in [9.17, 15) is 4.79 Å². The molecule has 6 heteroatoms. The summed E-state index contributed by atoms with van der Waals surface area (Å²) in [5.41, 5.74) is 2.44. The first-order valence-electron chi connectivity index (χ1n) is 6.97. The van der Waals surface area contributed by atoms with Crippen LogP contribution < -0.4 is 0 Å². The zero-order valence-corrected chi connectivity index (χ0v) is 12.6. The van der Waals surface area contributed by atoms with Crippen LogP contribution in [0.2, 0.25) is 0 Å². The van der Waals surface area contributed by atoms with Crippen molar-refractivity contribution in [2.45, 2.75) is 37.4 Å². The van der Waals surface area contributed by atoms with E-state index >= 15 is 0 Å². The number of aromatic nitrogens is 3. The number of hydrogen-bond acceptors (Lipinski definition) is 4. The van der Waals surface area contributed by atoms with Gasteiger partial charge in [0.15, 0.2) is 5.16 Å². The first-order chi connectivity index (χ1) is 10.1. The third kappa shape index (κ3) is 3.26. The maximum atomic E-state index is 10.8. The van der Waals surface area contributed by atoms with Gasteiger partial charge < -0.3 is 9.67 Å². The number of rotatable bonds is 6. The molecule has 0 atom stereocenters. The standard InChI is InChI=1S/C15H17N3O2S/c1-10-4-2-3-5-12(10)8-18-14(11-6-7-11)16-17-15(18)21-9-13(19)20/h2-5,11H,6-9H2,1H3,(H,19,20). The first-order valence-corrected chi connectivity index (χ1v) is 7.96. The summed E-state index contributed by atoms with van der Waals surface area (Å²) in [5, 5.41) is 18.0. The highest BCUT2D eigenvalue weighted by atomic mass is 32.2. The van der Waals surface area contributed by atoms with Gasteiger partial charge in [-0.05, 0) is 30.9 Å². The topological polar surface area (TPSA) is 68.0 Å². The molecule has 0 unspecified atom stereocenters. The number of hydrogen-bond donors (Lipinski definition) is 1. The highest BCUT2D eigenvalue weighted by molar-refractivity contribution is 7.99. The highest BCUT2D eigenvalue weighted by Crippen LogP contribution is 2.40. The van der Waals surface area contributed by atoms with Crippen molar-refractivity contribution in [3.05, 3.63) is 41.2 Å². The molecule has 110 valence electrons. The number of carbonyl (C=O) groups is 1. The van der Waals surface area contributed by atoms with E-state index < -0.39 is 5.97 Å². The molecule has 1 heterocycles. The Balaban J connectivity index is 1.89. The van der Waals surface area contributed by atoms with Gasteiger partial charge in [0.1, 0.15) is 5.82 Å². The molecule has 1 aromatic heterocycles. The minimum atomic E-state index is -0.835. The summed E-state index contributed by atoms with van der Waals surface area (Å²) < 4.78 is 2.08. The molecule has 1 fully saturated rings. The average Bonchev–Trinajstić information content (AvgIpc) is 3.22. The van der Waals surface area contributed by atoms with Gasteiger partial charge in [0.2, 0.25) is 0 Å². The van der Waals surface area contributed by atoms with Crippen molar-refractivity contribution in [3.8, 4) is 0 Å². The van der Waals surface area contributed by atoms with E-state index in [4.69, 9.17) is 5.11 Å². The lowest BCUT2D eigenvalue weighted by Gasteiger charge is -2.11. The molecule has 1 N–H and O–H groups in total. The highest BCUT2D eigenvalue weighted by Gasteiger charge is 2.30. The number of nitrogens with zero attached hydrogens (tertiary/aromatic N) is 3. The summed E-state index contributed by atoms with van der Waals surface area (Å²) >= 11 is 1.24. The average molecular weight is 303 g/mol. The Morgan fingerprint density at radius 2 is 2.14 bits per heavy atom. The predicted molar refractivity (Wildman–Crippen MR) is 80.6 cm³/mol. The second kappa shape index (κ2) is 5.89. The smallest absolute Gasteiger partial charge is 0.313 e. The Labute approximate surface area is 127 Å². The first kappa shape index (κ1) is 14.1. The summed E-state index contributed by atoms with van der Waals surface area (Å²) in [6, 6.07) is 8.22. The summed E-state index contributed by atoms with van der Waals surface area (Å²) in [6.07, 6.45) is 2.30. The zero-order chi connectivity index (χ0) is 14.8. The molecule has 1 saturated carbocycles. The third-order valence-corrected chi connectivity index (χ3v) is 4.55. The van der Waals surface area contributed by atoms with Gasteiger partial charge in [-0.15, -0.1) is 10.2 Å². The quantitative estimate of drug-likeness (QED) is 0.831. The monoisotopic (exact) mass is 303 g/mol. The van der Waals surface area contributed by atoms with Crippen molar-refractivity contribution < 1.29 is 9.90 Å². The Morgan fingerprint density at radius 1 is 1.38 bits per heavy atom. The van der Waals surface area contributed by atoms with Gasteiger partial charge >= 0.3 is 5.97 Å². The van der Waals surface area contributed by atoms with E-state index in [0.29, 0.717) is 17.6 Å². The fourth-order valence-corrected chi connectivity index (χ4v) is 2.95. The lowest BCUT2D eigenvalue weighted by atomic mass is 10.1. The molecule has 3 rings (SSSR count). The predicted octanol–water partition coefficient (Wildman–Crippen LogP) is 2.69. The van der Waals surface area contributed by atoms with E-state index in [0.717, 1.165) is 18.7 Å². The molecule has 0 bridgehead atoms. The van der Waals surface area contributed by atoms with Gasteiger partial charge in [0.25, 0.3) is 0 Å². The zero-order valence-electron chi connectivity index (χ0n) is 11.8. The van der Waals surface area contributed by atoms with Gasteiger partial charge in [-0.1, -0.05) is 36.0 Å². The van der Waals surface area contributed by atoms with Crippen LogP contribution in [0.1, 0.15) is 35.7 Å². The molecule has 2 aromatic rings. The molecule has 0 spiro atoms. The summed E-state index contributed by atoms with van der Waals surface area (Å²) in [7, 11) is 0. The van der Waals surface area contributed by atoms with Crippen molar-refractivity contribution >= 4 is 17.7 Å². The van der Waals surface area contributed by atoms with Crippen LogP contribution in [0.15, 0.2) is 29.4 Å². The fourth-order valence-electron chi connectivity index (χ4n) is 2.28. The van der Waals surface area contributed by atoms with Crippen LogP contribution in [-0.2, 0) is 11.3 Å². The van der Waals surface area contributed by atoms with Crippen LogP contribution in [0.5, 0.6) is 0 Å². The number of aryl methyl sites for hydroxylation is 1. The molecule has 0 radical (unpaired) electrons. The second-order valence-corrected chi connectivity index (χ2v) is 6.25. The Hall–Kier alpha value is -1.82. The normalized spacial score (nSPS) is 14.3. The van der Waals surface area contributed by atoms with Gasteiger partial charge in [0, 0.05) is 5.92 Å². The number of thioether (sulfide) groups is 1. The maximum absolute atomic E-state index is 10.8. The van der Waals surface area contributed by atoms with E-state index in [1.165, 1.54) is 22.9 Å². The molecule has 0 aliphatic heterocycles. The SMILES string of the molecule is Cc1ccccc1Cn1c(SCC(=O)O)nnc1C1CC1. The van der Waals surface area contributed by atoms with Crippen molar-refractivity contribution in [3.63, 3.8) is 0 Å². The van der Waals surface area contributed by atoms with Crippen LogP contribution in [0.4, 0.5) is 0 Å². The number of benzene rings is 1. The largest absolute Gasteiger partial charge is 0.481 e. The van der Waals surface area contributed by atoms with E-state index in [2.05, 4.69) is 33.8 Å². The molecular formula is C15H17N3O2S. The van der Waals surface area contributed by atoms with Gasteiger partial charge in [-0.2, -0.15) is 0 Å². The minimum absolute atomic E-state index is 0.0105. The van der Waals surface area contributed by atoms with Gasteiger partial charge in [-0.3, -0.25) is 4.79 Å². The summed E-state index contributed by atoms with van der Waals surface area (Å²) in [6.45, 7) is 2.79. The second-order valence-electron chi connectivity index (χ2n) is 5.31. The summed E-state index contributed by atoms with van der Waals surface area (Å²) in [5.74, 6) is 0.654. The molecule has 1 aliphatic carbocycles. The van der Waals surface area contributed by atoms with Crippen molar-refractivity contribution in [1.82, 2.24) is 14.8 Å². The molecule has 21 heavy (non-hydrogen) atoms. The minimum Gasteiger partial charge on any atom is -0.481 e. The molecular weight excluding hydrogens is 286 g/mol. The maximum Gasteiger partial charge on any atom is 0.313 e. The molecule has 0 saturated heterocycles. The molecule has 1 aliphatic rings. The Bertz CT molecular complexity index is 665. The number of aliphatic carboxylic acids is 1. The van der Waals surface area contributed by atoms with E-state index in [1.54, 1.807) is 0 Å². The van der Waals surface area contributed by atoms with Crippen molar-refractivity contribution in [1.29, 1.82) is 0 Å². The molecule has 5 nitrogen and oxygen atoms in total. The van der Waals surface area contributed by atoms with Crippen LogP contribution in [0.3, 0.4) is 0 Å². The van der Waals surface area contributed by atoms with Crippen LogP contribution in [0, 0.1) is 6.92 Å². The number of carboxylic acid groups (broad SMARTS) is 1. The van der Waals surface area contributed by atoms with E-state index in [1.807, 2.05) is 12.1 Å².